The maximum atomic E-state index is 10.8. The number of hydrogen-bond acceptors (Lipinski definition) is 4. The molecule has 0 heterocycles. The van der Waals surface area contributed by atoms with Gasteiger partial charge in [0.05, 0.1) is 0 Å². The van der Waals surface area contributed by atoms with E-state index in [4.69, 9.17) is 4.74 Å². The Kier molecular flexibility index (Phi) is 9.83. The van der Waals surface area contributed by atoms with Crippen molar-refractivity contribution in [1.82, 2.24) is 0 Å². The lowest BCUT2D eigenvalue weighted by Gasteiger charge is -2.04. The molecule has 0 aliphatic heterocycles. The molecule has 0 aliphatic carbocycles. The quantitative estimate of drug-likeness (QED) is 0.367. The molecule has 2 nitrogen and oxygen atoms in total. The maximum absolute atomic E-state index is 10.8. The Hall–Kier alpha value is 0.170. The Bertz CT molecular complexity index is 149. The highest BCUT2D eigenvalue weighted by atomic mass is 33.1. The molecule has 0 bridgehead atoms. The number of ether oxygens (including phenoxy) is 1. The summed E-state index contributed by atoms with van der Waals surface area (Å²) in [4.78, 5) is 10.8. The van der Waals surface area contributed by atoms with Gasteiger partial charge in [0.25, 0.3) is 0 Å². The lowest BCUT2D eigenvalue weighted by molar-refractivity contribution is -0.142. The van der Waals surface area contributed by atoms with Gasteiger partial charge in [-0.25, -0.2) is 0 Å². The van der Waals surface area contributed by atoms with Crippen LogP contribution >= 0.6 is 21.6 Å². The summed E-state index contributed by atoms with van der Waals surface area (Å²) in [6, 6.07) is 0. The third-order valence-corrected chi connectivity index (χ3v) is 3.98. The molecule has 0 saturated heterocycles. The third kappa shape index (κ3) is 10.3. The minimum absolute atomic E-state index is 0.0993. The summed E-state index contributed by atoms with van der Waals surface area (Å²) >= 11 is 0. The van der Waals surface area contributed by atoms with Crippen molar-refractivity contribution in [3.63, 3.8) is 0 Å². The Labute approximate surface area is 94.9 Å². The molecule has 0 radical (unpaired) electrons. The molecule has 0 saturated carbocycles. The summed E-state index contributed by atoms with van der Waals surface area (Å²) in [5.41, 5.74) is 0. The van der Waals surface area contributed by atoms with Crippen molar-refractivity contribution >= 4 is 27.6 Å². The van der Waals surface area contributed by atoms with E-state index in [-0.39, 0.29) is 5.97 Å². The van der Waals surface area contributed by atoms with Crippen molar-refractivity contribution in [3.05, 3.63) is 0 Å². The molecule has 14 heavy (non-hydrogen) atoms. The van der Waals surface area contributed by atoms with Crippen LogP contribution in [0.2, 0.25) is 0 Å². The second kappa shape index (κ2) is 9.71. The Morgan fingerprint density at radius 3 is 2.50 bits per heavy atom. The first-order chi connectivity index (χ1) is 6.66. The first-order valence-corrected chi connectivity index (χ1v) is 7.55. The zero-order chi connectivity index (χ0) is 10.8. The number of rotatable bonds is 8. The van der Waals surface area contributed by atoms with Crippen molar-refractivity contribution in [3.8, 4) is 0 Å². The van der Waals surface area contributed by atoms with Gasteiger partial charge in [-0.15, -0.1) is 0 Å². The zero-order valence-corrected chi connectivity index (χ0v) is 10.9. The lowest BCUT2D eigenvalue weighted by atomic mass is 10.2. The van der Waals surface area contributed by atoms with Crippen LogP contribution in [0.1, 0.15) is 33.6 Å². The van der Waals surface area contributed by atoms with E-state index < -0.39 is 0 Å². The number of carbonyl (C=O) groups is 1. The molecule has 0 N–H and O–H groups in total. The largest absolute Gasteiger partial charge is 0.465 e. The molecule has 0 amide bonds. The van der Waals surface area contributed by atoms with Crippen LogP contribution in [0.15, 0.2) is 0 Å². The average molecular weight is 236 g/mol. The zero-order valence-electron chi connectivity index (χ0n) is 9.25. The highest BCUT2D eigenvalue weighted by Crippen LogP contribution is 2.22. The van der Waals surface area contributed by atoms with Crippen LogP contribution < -0.4 is 0 Å². The summed E-state index contributed by atoms with van der Waals surface area (Å²) in [5.74, 6) is 2.76. The van der Waals surface area contributed by atoms with Crippen molar-refractivity contribution in [2.45, 2.75) is 33.6 Å². The van der Waals surface area contributed by atoms with Gasteiger partial charge in [0.1, 0.15) is 6.61 Å². The monoisotopic (exact) mass is 236 g/mol. The first-order valence-electron chi connectivity index (χ1n) is 5.06. The number of esters is 1. The van der Waals surface area contributed by atoms with Crippen LogP contribution in [-0.2, 0) is 9.53 Å². The summed E-state index contributed by atoms with van der Waals surface area (Å²) in [7, 11) is 3.65. The van der Waals surface area contributed by atoms with Gasteiger partial charge in [0.15, 0.2) is 0 Å². The van der Waals surface area contributed by atoms with Gasteiger partial charge in [-0.3, -0.25) is 4.79 Å². The lowest BCUT2D eigenvalue weighted by Crippen LogP contribution is -2.04. The van der Waals surface area contributed by atoms with Crippen LogP contribution in [-0.4, -0.2) is 24.1 Å². The molecule has 84 valence electrons. The second-order valence-electron chi connectivity index (χ2n) is 3.40. The van der Waals surface area contributed by atoms with Gasteiger partial charge in [-0.2, -0.15) is 0 Å². The molecule has 0 aromatic heterocycles. The molecule has 0 atom stereocenters. The van der Waals surface area contributed by atoms with Gasteiger partial charge in [0.2, 0.25) is 0 Å². The fourth-order valence-corrected chi connectivity index (χ4v) is 2.85. The molecule has 0 aliphatic rings. The number of carbonyl (C=O) groups excluding carboxylic acids is 1. The second-order valence-corrected chi connectivity index (χ2v) is 6.10. The van der Waals surface area contributed by atoms with Crippen molar-refractivity contribution < 1.29 is 9.53 Å². The first kappa shape index (κ1) is 14.2. The third-order valence-electron chi connectivity index (χ3n) is 1.58. The normalized spacial score (nSPS) is 10.6. The topological polar surface area (TPSA) is 26.3 Å². The maximum Gasteiger partial charge on any atom is 0.305 e. The summed E-state index contributed by atoms with van der Waals surface area (Å²) in [6.07, 6.45) is 1.73. The van der Waals surface area contributed by atoms with E-state index in [0.29, 0.717) is 13.0 Å². The molecule has 4 heteroatoms. The van der Waals surface area contributed by atoms with E-state index in [1.165, 1.54) is 12.2 Å². The van der Waals surface area contributed by atoms with E-state index >= 15 is 0 Å². The van der Waals surface area contributed by atoms with E-state index in [0.717, 1.165) is 11.7 Å². The SMILES string of the molecule is CCC(=O)OCCSSCCC(C)C. The minimum Gasteiger partial charge on any atom is -0.465 e. The van der Waals surface area contributed by atoms with Gasteiger partial charge in [-0.05, 0) is 12.3 Å². The highest BCUT2D eigenvalue weighted by Gasteiger charge is 1.98. The van der Waals surface area contributed by atoms with Gasteiger partial charge in [0, 0.05) is 17.9 Å². The van der Waals surface area contributed by atoms with E-state index in [1.807, 2.05) is 17.7 Å². The molecule has 0 aromatic carbocycles. The molecule has 0 rings (SSSR count). The van der Waals surface area contributed by atoms with Crippen LogP contribution in [0.5, 0.6) is 0 Å². The van der Waals surface area contributed by atoms with E-state index in [9.17, 15) is 4.79 Å². The summed E-state index contributed by atoms with van der Waals surface area (Å²) in [6.45, 7) is 6.82. The van der Waals surface area contributed by atoms with E-state index in [2.05, 4.69) is 13.8 Å². The van der Waals surface area contributed by atoms with Crippen molar-refractivity contribution in [2.24, 2.45) is 5.92 Å². The molecular weight excluding hydrogens is 216 g/mol. The fourth-order valence-electron chi connectivity index (χ4n) is 0.693. The summed E-state index contributed by atoms with van der Waals surface area (Å²) < 4.78 is 4.95. The Morgan fingerprint density at radius 1 is 1.29 bits per heavy atom. The van der Waals surface area contributed by atoms with Crippen molar-refractivity contribution in [1.29, 1.82) is 0 Å². The molecule has 0 aromatic rings. The summed E-state index contributed by atoms with van der Waals surface area (Å²) in [5, 5.41) is 0. The smallest absolute Gasteiger partial charge is 0.305 e. The van der Waals surface area contributed by atoms with Crippen molar-refractivity contribution in [2.75, 3.05) is 18.1 Å². The van der Waals surface area contributed by atoms with Gasteiger partial charge in [-0.1, -0.05) is 42.4 Å². The predicted molar refractivity (Wildman–Crippen MR) is 65.6 cm³/mol. The minimum atomic E-state index is -0.0993. The van der Waals surface area contributed by atoms with E-state index in [1.54, 1.807) is 10.8 Å². The Morgan fingerprint density at radius 2 is 1.93 bits per heavy atom. The Balaban J connectivity index is 3.03. The fraction of sp³-hybridized carbons (Fsp3) is 0.900. The van der Waals surface area contributed by atoms with Gasteiger partial charge < -0.3 is 4.74 Å². The standard InChI is InChI=1S/C10H20O2S2/c1-4-10(11)12-6-8-14-13-7-5-9(2)3/h9H,4-8H2,1-3H3. The molecule has 0 fully saturated rings. The predicted octanol–water partition coefficient (Wildman–Crippen LogP) is 3.37. The van der Waals surface area contributed by atoms with Crippen LogP contribution in [0.25, 0.3) is 0 Å². The molecular formula is C10H20O2S2. The van der Waals surface area contributed by atoms with Crippen LogP contribution in [0.3, 0.4) is 0 Å². The van der Waals surface area contributed by atoms with Crippen LogP contribution in [0, 0.1) is 5.92 Å². The highest BCUT2D eigenvalue weighted by molar-refractivity contribution is 8.76. The molecule has 0 unspecified atom stereocenters. The number of hydrogen-bond donors (Lipinski definition) is 0. The van der Waals surface area contributed by atoms with Gasteiger partial charge >= 0.3 is 5.97 Å². The molecule has 0 spiro atoms. The average Bonchev–Trinajstić information content (AvgIpc) is 2.15. The van der Waals surface area contributed by atoms with Crippen LogP contribution in [0.4, 0.5) is 0 Å².